The van der Waals surface area contributed by atoms with Crippen molar-refractivity contribution in [2.75, 3.05) is 0 Å². The number of cyclic esters (lactones) is 1. The molecule has 0 aromatic carbocycles. The van der Waals surface area contributed by atoms with Crippen molar-refractivity contribution in [2.24, 2.45) is 0 Å². The molecule has 78 valence electrons. The van der Waals surface area contributed by atoms with Gasteiger partial charge in [-0.25, -0.2) is 0 Å². The van der Waals surface area contributed by atoms with Crippen LogP contribution in [0.5, 0.6) is 0 Å². The molecule has 1 aliphatic heterocycles. The second-order valence-corrected chi connectivity index (χ2v) is 3.47. The first kappa shape index (κ1) is 11.0. The molecule has 0 amide bonds. The first-order valence-electron chi connectivity index (χ1n) is 5.32. The molecule has 0 aromatic heterocycles. The van der Waals surface area contributed by atoms with E-state index in [2.05, 4.69) is 31.2 Å². The number of esters is 1. The Morgan fingerprint density at radius 3 is 2.79 bits per heavy atom. The van der Waals surface area contributed by atoms with Crippen molar-refractivity contribution in [3.8, 4) is 0 Å². The third-order valence-corrected chi connectivity index (χ3v) is 2.21. The van der Waals surface area contributed by atoms with Crippen molar-refractivity contribution in [1.82, 2.24) is 0 Å². The summed E-state index contributed by atoms with van der Waals surface area (Å²) >= 11 is 0. The van der Waals surface area contributed by atoms with Crippen molar-refractivity contribution >= 4 is 5.97 Å². The fourth-order valence-electron chi connectivity index (χ4n) is 1.43. The Hall–Kier alpha value is -1.05. The molecule has 0 bridgehead atoms. The SMILES string of the molecule is CCC=CCC=CCC1CCC(=O)O1. The van der Waals surface area contributed by atoms with Gasteiger partial charge in [-0.1, -0.05) is 31.2 Å². The quantitative estimate of drug-likeness (QED) is 0.496. The third-order valence-electron chi connectivity index (χ3n) is 2.21. The molecule has 2 heteroatoms. The molecule has 1 unspecified atom stereocenters. The summed E-state index contributed by atoms with van der Waals surface area (Å²) in [5.41, 5.74) is 0. The summed E-state index contributed by atoms with van der Waals surface area (Å²) in [4.78, 5) is 10.8. The minimum absolute atomic E-state index is 0.0470. The normalized spacial score (nSPS) is 22.4. The van der Waals surface area contributed by atoms with Crippen LogP contribution in [0, 0.1) is 0 Å². The number of allylic oxidation sites excluding steroid dienone is 3. The van der Waals surface area contributed by atoms with E-state index in [0.29, 0.717) is 6.42 Å². The largest absolute Gasteiger partial charge is 0.462 e. The highest BCUT2D eigenvalue weighted by Gasteiger charge is 2.21. The zero-order valence-electron chi connectivity index (χ0n) is 8.74. The van der Waals surface area contributed by atoms with Crippen LogP contribution < -0.4 is 0 Å². The Labute approximate surface area is 85.6 Å². The van der Waals surface area contributed by atoms with E-state index in [1.165, 1.54) is 0 Å². The lowest BCUT2D eigenvalue weighted by Crippen LogP contribution is -2.04. The highest BCUT2D eigenvalue weighted by atomic mass is 16.5. The minimum Gasteiger partial charge on any atom is -0.462 e. The van der Waals surface area contributed by atoms with Gasteiger partial charge in [0, 0.05) is 12.8 Å². The van der Waals surface area contributed by atoms with Crippen LogP contribution in [0.4, 0.5) is 0 Å². The molecule has 0 spiro atoms. The molecule has 1 heterocycles. The molecule has 14 heavy (non-hydrogen) atoms. The molecule has 1 rings (SSSR count). The van der Waals surface area contributed by atoms with E-state index >= 15 is 0 Å². The maximum Gasteiger partial charge on any atom is 0.306 e. The molecule has 1 saturated heterocycles. The van der Waals surface area contributed by atoms with Crippen LogP contribution in [0.25, 0.3) is 0 Å². The number of rotatable bonds is 5. The standard InChI is InChI=1S/C12H18O2/c1-2-3-4-5-6-7-8-11-9-10-12(13)14-11/h3-4,6-7,11H,2,5,8-10H2,1H3. The molecule has 1 fully saturated rings. The van der Waals surface area contributed by atoms with E-state index in [1.54, 1.807) is 0 Å². The summed E-state index contributed by atoms with van der Waals surface area (Å²) in [7, 11) is 0. The van der Waals surface area contributed by atoms with E-state index in [4.69, 9.17) is 4.74 Å². The smallest absolute Gasteiger partial charge is 0.306 e. The molecule has 0 radical (unpaired) electrons. The topological polar surface area (TPSA) is 26.3 Å². The summed E-state index contributed by atoms with van der Waals surface area (Å²) in [5, 5.41) is 0. The predicted octanol–water partition coefficient (Wildman–Crippen LogP) is 2.99. The maximum absolute atomic E-state index is 10.8. The first-order valence-corrected chi connectivity index (χ1v) is 5.32. The Morgan fingerprint density at radius 2 is 2.14 bits per heavy atom. The lowest BCUT2D eigenvalue weighted by Gasteiger charge is -2.03. The fourth-order valence-corrected chi connectivity index (χ4v) is 1.43. The van der Waals surface area contributed by atoms with Gasteiger partial charge in [0.05, 0.1) is 0 Å². The Bertz CT molecular complexity index is 228. The third kappa shape index (κ3) is 4.26. The van der Waals surface area contributed by atoms with Crippen molar-refractivity contribution in [3.63, 3.8) is 0 Å². The van der Waals surface area contributed by atoms with Gasteiger partial charge in [0.25, 0.3) is 0 Å². The molecule has 1 aliphatic rings. The van der Waals surface area contributed by atoms with E-state index in [-0.39, 0.29) is 12.1 Å². The second-order valence-electron chi connectivity index (χ2n) is 3.47. The van der Waals surface area contributed by atoms with Gasteiger partial charge in [0.2, 0.25) is 0 Å². The first-order chi connectivity index (χ1) is 6.83. The number of carbonyl (C=O) groups is 1. The average molecular weight is 194 g/mol. The van der Waals surface area contributed by atoms with Gasteiger partial charge in [-0.2, -0.15) is 0 Å². The molecule has 2 nitrogen and oxygen atoms in total. The zero-order chi connectivity index (χ0) is 10.2. The highest BCUT2D eigenvalue weighted by molar-refractivity contribution is 5.71. The molecular formula is C12H18O2. The van der Waals surface area contributed by atoms with Crippen LogP contribution >= 0.6 is 0 Å². The zero-order valence-corrected chi connectivity index (χ0v) is 8.74. The number of carbonyl (C=O) groups excluding carboxylic acids is 1. The van der Waals surface area contributed by atoms with Gasteiger partial charge >= 0.3 is 5.97 Å². The average Bonchev–Trinajstić information content (AvgIpc) is 2.58. The van der Waals surface area contributed by atoms with Gasteiger partial charge in [-0.15, -0.1) is 0 Å². The van der Waals surface area contributed by atoms with Crippen LogP contribution in [-0.2, 0) is 9.53 Å². The Balaban J connectivity index is 2.08. The van der Waals surface area contributed by atoms with Gasteiger partial charge in [0.1, 0.15) is 6.10 Å². The van der Waals surface area contributed by atoms with Crippen LogP contribution in [0.3, 0.4) is 0 Å². The van der Waals surface area contributed by atoms with Crippen LogP contribution in [0.2, 0.25) is 0 Å². The summed E-state index contributed by atoms with van der Waals surface area (Å²) in [5.74, 6) is -0.0470. The second kappa shape index (κ2) is 6.41. The molecular weight excluding hydrogens is 176 g/mol. The molecule has 0 saturated carbocycles. The summed E-state index contributed by atoms with van der Waals surface area (Å²) in [6.07, 6.45) is 13.1. The van der Waals surface area contributed by atoms with E-state index in [9.17, 15) is 4.79 Å². The summed E-state index contributed by atoms with van der Waals surface area (Å²) in [6.45, 7) is 2.12. The molecule has 0 aromatic rings. The van der Waals surface area contributed by atoms with E-state index in [1.807, 2.05) is 0 Å². The van der Waals surface area contributed by atoms with Crippen molar-refractivity contribution in [2.45, 2.75) is 45.1 Å². The highest BCUT2D eigenvalue weighted by Crippen LogP contribution is 2.16. The van der Waals surface area contributed by atoms with E-state index < -0.39 is 0 Å². The number of hydrogen-bond donors (Lipinski definition) is 0. The Morgan fingerprint density at radius 1 is 1.36 bits per heavy atom. The van der Waals surface area contributed by atoms with Gasteiger partial charge in [-0.3, -0.25) is 4.79 Å². The van der Waals surface area contributed by atoms with E-state index in [0.717, 1.165) is 25.7 Å². The fraction of sp³-hybridized carbons (Fsp3) is 0.583. The monoisotopic (exact) mass is 194 g/mol. The van der Waals surface area contributed by atoms with Crippen LogP contribution in [0.1, 0.15) is 39.0 Å². The minimum atomic E-state index is -0.0470. The van der Waals surface area contributed by atoms with Crippen molar-refractivity contribution in [1.29, 1.82) is 0 Å². The molecule has 0 N–H and O–H groups in total. The summed E-state index contributed by atoms with van der Waals surface area (Å²) < 4.78 is 5.08. The molecule has 0 aliphatic carbocycles. The predicted molar refractivity (Wildman–Crippen MR) is 56.9 cm³/mol. The lowest BCUT2D eigenvalue weighted by molar-refractivity contribution is -0.141. The lowest BCUT2D eigenvalue weighted by atomic mass is 10.1. The Kier molecular flexibility index (Phi) is 5.05. The van der Waals surface area contributed by atoms with Crippen molar-refractivity contribution < 1.29 is 9.53 Å². The van der Waals surface area contributed by atoms with Gasteiger partial charge < -0.3 is 4.74 Å². The van der Waals surface area contributed by atoms with Crippen LogP contribution in [0.15, 0.2) is 24.3 Å². The van der Waals surface area contributed by atoms with Crippen LogP contribution in [-0.4, -0.2) is 12.1 Å². The van der Waals surface area contributed by atoms with Gasteiger partial charge in [-0.05, 0) is 19.3 Å². The van der Waals surface area contributed by atoms with Crippen molar-refractivity contribution in [3.05, 3.63) is 24.3 Å². The number of hydrogen-bond acceptors (Lipinski definition) is 2. The summed E-state index contributed by atoms with van der Waals surface area (Å²) in [6, 6.07) is 0. The maximum atomic E-state index is 10.8. The number of ether oxygens (including phenoxy) is 1. The molecule has 1 atom stereocenters. The van der Waals surface area contributed by atoms with Gasteiger partial charge in [0.15, 0.2) is 0 Å².